The molecule has 0 heterocycles. The Kier molecular flexibility index (Phi) is 61.3. The second kappa shape index (κ2) is 64.6. The van der Waals surface area contributed by atoms with Crippen molar-refractivity contribution in [2.75, 3.05) is 13.2 Å². The lowest BCUT2D eigenvalue weighted by Crippen LogP contribution is -2.30. The highest BCUT2D eigenvalue weighted by molar-refractivity contribution is 5.71. The summed E-state index contributed by atoms with van der Waals surface area (Å²) in [7, 11) is 0. The zero-order valence-corrected chi connectivity index (χ0v) is 50.4. The van der Waals surface area contributed by atoms with Crippen LogP contribution in [0.3, 0.4) is 0 Å². The molecular weight excluding hydrogens is 949 g/mol. The maximum absolute atomic E-state index is 12.8. The van der Waals surface area contributed by atoms with Crippen LogP contribution in [0.5, 0.6) is 0 Å². The van der Waals surface area contributed by atoms with Crippen molar-refractivity contribution in [3.8, 4) is 0 Å². The molecule has 0 aliphatic carbocycles. The first-order valence-electron chi connectivity index (χ1n) is 32.4. The number of esters is 3. The molecule has 0 N–H and O–H groups in total. The summed E-state index contributed by atoms with van der Waals surface area (Å²) in [6.07, 6.45) is 88.6. The molecule has 0 radical (unpaired) electrons. The summed E-state index contributed by atoms with van der Waals surface area (Å²) in [6.45, 7) is 6.43. The van der Waals surface area contributed by atoms with Gasteiger partial charge in [0.15, 0.2) is 6.10 Å². The van der Waals surface area contributed by atoms with Gasteiger partial charge >= 0.3 is 17.9 Å². The van der Waals surface area contributed by atoms with Gasteiger partial charge in [-0.3, -0.25) is 14.4 Å². The highest BCUT2D eigenvalue weighted by Crippen LogP contribution is 2.16. The van der Waals surface area contributed by atoms with E-state index in [1.165, 1.54) is 128 Å². The van der Waals surface area contributed by atoms with E-state index in [4.69, 9.17) is 14.2 Å². The zero-order valence-electron chi connectivity index (χ0n) is 50.4. The lowest BCUT2D eigenvalue weighted by atomic mass is 10.0. The molecule has 0 saturated carbocycles. The van der Waals surface area contributed by atoms with Crippen LogP contribution in [0.1, 0.15) is 303 Å². The number of carbonyl (C=O) groups excluding carboxylic acids is 3. The van der Waals surface area contributed by atoms with Gasteiger partial charge in [0.1, 0.15) is 13.2 Å². The number of hydrogen-bond acceptors (Lipinski definition) is 6. The molecule has 0 aromatic rings. The minimum atomic E-state index is -0.785. The van der Waals surface area contributed by atoms with Crippen LogP contribution in [-0.4, -0.2) is 37.2 Å². The van der Waals surface area contributed by atoms with Gasteiger partial charge < -0.3 is 14.2 Å². The molecule has 0 saturated heterocycles. The standard InChI is InChI=1S/C71H120O6/c1-4-7-10-13-15-17-19-21-23-25-27-29-31-33-35-37-39-41-43-45-47-49-51-53-55-58-61-64-70(73)76-67-68(66-75-69(72)63-60-57-12-9-6-3)77-71(74)65-62-59-56-54-52-50-48-46-44-42-40-38-36-34-32-30-28-26-24-22-20-18-16-14-11-8-5-2/h7,10,15,17,20-23,26-29,33,35,39,41,45,47,68H,4-6,8-9,11-14,16,18-19,24-25,30-32,34,36-38,40,42-44,46,48-67H2,1-3H3/b10-7-,17-15-,22-20-,23-21-,28-26-,29-27-,35-33-,41-39-,47-45-. The first-order valence-corrected chi connectivity index (χ1v) is 32.4. The largest absolute Gasteiger partial charge is 0.462 e. The van der Waals surface area contributed by atoms with Gasteiger partial charge in [0.2, 0.25) is 0 Å². The summed E-state index contributed by atoms with van der Waals surface area (Å²) in [5.41, 5.74) is 0. The van der Waals surface area contributed by atoms with Gasteiger partial charge in [-0.1, -0.05) is 284 Å². The molecule has 0 amide bonds. The molecule has 0 aromatic heterocycles. The van der Waals surface area contributed by atoms with E-state index in [-0.39, 0.29) is 31.1 Å². The Labute approximate surface area is 476 Å². The van der Waals surface area contributed by atoms with Crippen molar-refractivity contribution in [2.45, 2.75) is 309 Å². The van der Waals surface area contributed by atoms with Crippen LogP contribution in [0.15, 0.2) is 109 Å². The summed E-state index contributed by atoms with van der Waals surface area (Å²) in [4.78, 5) is 37.9. The average molecular weight is 1070 g/mol. The van der Waals surface area contributed by atoms with Crippen molar-refractivity contribution in [1.82, 2.24) is 0 Å². The Balaban J connectivity index is 4.09. The van der Waals surface area contributed by atoms with Crippen LogP contribution >= 0.6 is 0 Å². The van der Waals surface area contributed by atoms with E-state index < -0.39 is 6.10 Å². The van der Waals surface area contributed by atoms with Crippen molar-refractivity contribution >= 4 is 17.9 Å². The molecule has 0 aromatic carbocycles. The van der Waals surface area contributed by atoms with E-state index in [2.05, 4.69) is 130 Å². The van der Waals surface area contributed by atoms with Crippen molar-refractivity contribution in [3.05, 3.63) is 109 Å². The molecule has 1 atom stereocenters. The highest BCUT2D eigenvalue weighted by atomic mass is 16.6. The number of carbonyl (C=O) groups is 3. The van der Waals surface area contributed by atoms with Crippen molar-refractivity contribution < 1.29 is 28.6 Å². The first-order chi connectivity index (χ1) is 38.0. The maximum Gasteiger partial charge on any atom is 0.306 e. The van der Waals surface area contributed by atoms with E-state index in [9.17, 15) is 14.4 Å². The molecule has 440 valence electrons. The number of unbranched alkanes of at least 4 members (excludes halogenated alkanes) is 29. The fourth-order valence-corrected chi connectivity index (χ4v) is 8.92. The predicted molar refractivity (Wildman–Crippen MR) is 334 cm³/mol. The molecule has 0 bridgehead atoms. The van der Waals surface area contributed by atoms with Gasteiger partial charge in [0.25, 0.3) is 0 Å². The number of hydrogen-bond donors (Lipinski definition) is 0. The summed E-state index contributed by atoms with van der Waals surface area (Å²) < 4.78 is 16.8. The molecule has 0 spiro atoms. The molecule has 0 rings (SSSR count). The number of allylic oxidation sites excluding steroid dienone is 18. The summed E-state index contributed by atoms with van der Waals surface area (Å²) in [6, 6.07) is 0. The predicted octanol–water partition coefficient (Wildman–Crippen LogP) is 22.2. The topological polar surface area (TPSA) is 78.9 Å². The summed E-state index contributed by atoms with van der Waals surface area (Å²) >= 11 is 0. The molecule has 0 fully saturated rings. The minimum absolute atomic E-state index is 0.0847. The quantitative estimate of drug-likeness (QED) is 0.0261. The third kappa shape index (κ3) is 62.8. The Morgan fingerprint density at radius 2 is 0.506 bits per heavy atom. The van der Waals surface area contributed by atoms with Gasteiger partial charge in [-0.25, -0.2) is 0 Å². The van der Waals surface area contributed by atoms with Crippen LogP contribution in [0.2, 0.25) is 0 Å². The number of ether oxygens (including phenoxy) is 3. The third-order valence-corrected chi connectivity index (χ3v) is 13.8. The van der Waals surface area contributed by atoms with Crippen LogP contribution in [-0.2, 0) is 28.6 Å². The fraction of sp³-hybridized carbons (Fsp3) is 0.704. The van der Waals surface area contributed by atoms with Gasteiger partial charge in [-0.05, 0) is 109 Å². The Bertz CT molecular complexity index is 1560. The molecule has 77 heavy (non-hydrogen) atoms. The number of rotatable bonds is 58. The van der Waals surface area contributed by atoms with E-state index in [0.29, 0.717) is 19.3 Å². The minimum Gasteiger partial charge on any atom is -0.462 e. The van der Waals surface area contributed by atoms with E-state index in [1.54, 1.807) is 0 Å². The van der Waals surface area contributed by atoms with Crippen molar-refractivity contribution in [1.29, 1.82) is 0 Å². The molecular formula is C71H120O6. The molecule has 0 aliphatic heterocycles. The lowest BCUT2D eigenvalue weighted by molar-refractivity contribution is -0.167. The second-order valence-corrected chi connectivity index (χ2v) is 21.3. The lowest BCUT2D eigenvalue weighted by Gasteiger charge is -2.18. The summed E-state index contributed by atoms with van der Waals surface area (Å²) in [5.74, 6) is -0.913. The van der Waals surface area contributed by atoms with Crippen LogP contribution < -0.4 is 0 Å². The summed E-state index contributed by atoms with van der Waals surface area (Å²) in [5, 5.41) is 0. The molecule has 6 heteroatoms. The van der Waals surface area contributed by atoms with Gasteiger partial charge in [0, 0.05) is 19.3 Å². The normalized spacial score (nSPS) is 12.8. The fourth-order valence-electron chi connectivity index (χ4n) is 8.92. The van der Waals surface area contributed by atoms with Crippen molar-refractivity contribution in [2.24, 2.45) is 0 Å². The molecule has 0 aliphatic rings. The first kappa shape index (κ1) is 73.1. The monoisotopic (exact) mass is 1070 g/mol. The SMILES string of the molecule is CC/C=C\C/C=C\C/C=C\C/C=C\C/C=C\C/C=C\C/C=C\CCCCCCCC(=O)OCC(COC(=O)CCCCCCC)OC(=O)CCCCCCCCCCCCCCCCC/C=C\C/C=C\CCCCCCC. The van der Waals surface area contributed by atoms with Crippen LogP contribution in [0, 0.1) is 0 Å². The van der Waals surface area contributed by atoms with Gasteiger partial charge in [0.05, 0.1) is 0 Å². The Morgan fingerprint density at radius 1 is 0.273 bits per heavy atom. The van der Waals surface area contributed by atoms with Gasteiger partial charge in [-0.15, -0.1) is 0 Å². The Morgan fingerprint density at radius 3 is 0.792 bits per heavy atom. The van der Waals surface area contributed by atoms with Crippen LogP contribution in [0.4, 0.5) is 0 Å². The van der Waals surface area contributed by atoms with Gasteiger partial charge in [-0.2, -0.15) is 0 Å². The molecule has 6 nitrogen and oxygen atoms in total. The highest BCUT2D eigenvalue weighted by Gasteiger charge is 2.19. The average Bonchev–Trinajstić information content (AvgIpc) is 3.43. The van der Waals surface area contributed by atoms with E-state index in [0.717, 1.165) is 135 Å². The van der Waals surface area contributed by atoms with Crippen LogP contribution in [0.25, 0.3) is 0 Å². The molecule has 1 unspecified atom stereocenters. The maximum atomic E-state index is 12.8. The smallest absolute Gasteiger partial charge is 0.306 e. The van der Waals surface area contributed by atoms with E-state index in [1.807, 2.05) is 0 Å². The zero-order chi connectivity index (χ0) is 55.7. The van der Waals surface area contributed by atoms with E-state index >= 15 is 0 Å². The second-order valence-electron chi connectivity index (χ2n) is 21.3. The third-order valence-electron chi connectivity index (χ3n) is 13.8. The van der Waals surface area contributed by atoms with Crippen molar-refractivity contribution in [3.63, 3.8) is 0 Å². The Hall–Kier alpha value is -3.93.